The van der Waals surface area contributed by atoms with Gasteiger partial charge in [0.15, 0.2) is 5.82 Å². The first-order valence-corrected chi connectivity index (χ1v) is 9.81. The molecule has 4 aromatic rings. The van der Waals surface area contributed by atoms with Crippen molar-refractivity contribution in [3.63, 3.8) is 0 Å². The summed E-state index contributed by atoms with van der Waals surface area (Å²) in [7, 11) is 1.78. The minimum atomic E-state index is -0.000447. The molecule has 1 amide bonds. The molecule has 0 fully saturated rings. The van der Waals surface area contributed by atoms with Crippen LogP contribution in [0.3, 0.4) is 0 Å². The smallest absolute Gasteiger partial charge is 0.237 e. The van der Waals surface area contributed by atoms with Crippen molar-refractivity contribution in [1.82, 2.24) is 19.5 Å². The van der Waals surface area contributed by atoms with Crippen LogP contribution in [0, 0.1) is 0 Å². The summed E-state index contributed by atoms with van der Waals surface area (Å²) in [4.78, 5) is 14.3. The molecule has 0 radical (unpaired) electrons. The van der Waals surface area contributed by atoms with Crippen molar-refractivity contribution in [3.8, 4) is 11.4 Å². The Morgan fingerprint density at radius 2 is 1.57 bits per heavy atom. The van der Waals surface area contributed by atoms with E-state index >= 15 is 0 Å². The second-order valence-corrected chi connectivity index (χ2v) is 7.07. The summed E-state index contributed by atoms with van der Waals surface area (Å²) in [6.07, 6.45) is 3.86. The summed E-state index contributed by atoms with van der Waals surface area (Å²) >= 11 is 1.37. The number of hydrogen-bond donors (Lipinski definition) is 0. The molecular formula is C21H19N5OS. The molecule has 0 aliphatic heterocycles. The van der Waals surface area contributed by atoms with Gasteiger partial charge in [0.2, 0.25) is 11.1 Å². The number of para-hydroxylation sites is 1. The molecule has 28 heavy (non-hydrogen) atoms. The second kappa shape index (κ2) is 8.14. The van der Waals surface area contributed by atoms with Crippen molar-refractivity contribution < 1.29 is 4.79 Å². The largest absolute Gasteiger partial charge is 0.315 e. The number of amides is 1. The fourth-order valence-electron chi connectivity index (χ4n) is 2.81. The normalized spacial score (nSPS) is 10.8. The van der Waals surface area contributed by atoms with E-state index in [1.54, 1.807) is 11.9 Å². The molecule has 140 valence electrons. The highest BCUT2D eigenvalue weighted by molar-refractivity contribution is 7.99. The van der Waals surface area contributed by atoms with Gasteiger partial charge in [-0.25, -0.2) is 4.68 Å². The molecule has 4 rings (SSSR count). The third-order valence-corrected chi connectivity index (χ3v) is 5.21. The SMILES string of the molecule is CN(C(=O)CSc1nnc(-c2ccccc2)n1-n1cccc1)c1ccccc1. The minimum Gasteiger partial charge on any atom is -0.315 e. The zero-order valence-corrected chi connectivity index (χ0v) is 16.2. The van der Waals surface area contributed by atoms with Crippen molar-refractivity contribution in [2.75, 3.05) is 17.7 Å². The maximum absolute atomic E-state index is 12.6. The van der Waals surface area contributed by atoms with Crippen LogP contribution in [0.2, 0.25) is 0 Å². The zero-order valence-electron chi connectivity index (χ0n) is 15.3. The van der Waals surface area contributed by atoms with Crippen molar-refractivity contribution in [3.05, 3.63) is 85.2 Å². The number of anilines is 1. The van der Waals surface area contributed by atoms with Gasteiger partial charge in [0.05, 0.1) is 5.75 Å². The summed E-state index contributed by atoms with van der Waals surface area (Å²) < 4.78 is 3.83. The molecule has 0 atom stereocenters. The number of carbonyl (C=O) groups excluding carboxylic acids is 1. The number of nitrogens with zero attached hydrogens (tertiary/aromatic N) is 5. The summed E-state index contributed by atoms with van der Waals surface area (Å²) in [6.45, 7) is 0. The van der Waals surface area contributed by atoms with Gasteiger partial charge in [-0.2, -0.15) is 0 Å². The van der Waals surface area contributed by atoms with Crippen LogP contribution in [0.15, 0.2) is 90.3 Å². The van der Waals surface area contributed by atoms with E-state index in [-0.39, 0.29) is 11.7 Å². The molecule has 7 heteroatoms. The number of thioether (sulfide) groups is 1. The van der Waals surface area contributed by atoms with E-state index in [9.17, 15) is 4.79 Å². The Morgan fingerprint density at radius 1 is 0.929 bits per heavy atom. The zero-order chi connectivity index (χ0) is 19.3. The predicted octanol–water partition coefficient (Wildman–Crippen LogP) is 3.81. The summed E-state index contributed by atoms with van der Waals surface area (Å²) in [5.41, 5.74) is 1.83. The fourth-order valence-corrected chi connectivity index (χ4v) is 3.66. The average Bonchev–Trinajstić information content (AvgIpc) is 3.42. The van der Waals surface area contributed by atoms with Crippen LogP contribution in [-0.2, 0) is 4.79 Å². The van der Waals surface area contributed by atoms with E-state index in [1.165, 1.54) is 11.8 Å². The van der Waals surface area contributed by atoms with Gasteiger partial charge in [-0.1, -0.05) is 60.3 Å². The fraction of sp³-hybridized carbons (Fsp3) is 0.0952. The van der Waals surface area contributed by atoms with Gasteiger partial charge in [0.25, 0.3) is 0 Å². The third-order valence-electron chi connectivity index (χ3n) is 4.31. The molecule has 0 spiro atoms. The number of hydrogen-bond acceptors (Lipinski definition) is 4. The van der Waals surface area contributed by atoms with Gasteiger partial charge in [-0.15, -0.1) is 10.2 Å². The standard InChI is InChI=1S/C21H19N5OS/c1-24(18-12-6-3-7-13-18)19(27)16-28-21-23-22-20(17-10-4-2-5-11-17)26(21)25-14-8-9-15-25/h2-15H,16H2,1H3. The van der Waals surface area contributed by atoms with E-state index in [2.05, 4.69) is 10.2 Å². The molecule has 2 aromatic carbocycles. The van der Waals surface area contributed by atoms with E-state index in [1.807, 2.05) is 94.5 Å². The molecule has 6 nitrogen and oxygen atoms in total. The number of benzene rings is 2. The van der Waals surface area contributed by atoms with E-state index in [4.69, 9.17) is 0 Å². The van der Waals surface area contributed by atoms with E-state index in [0.29, 0.717) is 5.16 Å². The topological polar surface area (TPSA) is 56.0 Å². The average molecular weight is 389 g/mol. The first-order chi connectivity index (χ1) is 13.7. The van der Waals surface area contributed by atoms with E-state index < -0.39 is 0 Å². The number of aromatic nitrogens is 4. The van der Waals surface area contributed by atoms with Crippen LogP contribution < -0.4 is 4.90 Å². The highest BCUT2D eigenvalue weighted by atomic mass is 32.2. The monoisotopic (exact) mass is 389 g/mol. The lowest BCUT2D eigenvalue weighted by Gasteiger charge is -2.17. The third kappa shape index (κ3) is 3.70. The lowest BCUT2D eigenvalue weighted by atomic mass is 10.2. The lowest BCUT2D eigenvalue weighted by molar-refractivity contribution is -0.115. The van der Waals surface area contributed by atoms with Gasteiger partial charge < -0.3 is 4.90 Å². The van der Waals surface area contributed by atoms with Gasteiger partial charge in [-0.05, 0) is 24.3 Å². The molecule has 0 aliphatic rings. The van der Waals surface area contributed by atoms with Crippen molar-refractivity contribution in [2.45, 2.75) is 5.16 Å². The Kier molecular flexibility index (Phi) is 5.25. The van der Waals surface area contributed by atoms with Gasteiger partial charge in [0.1, 0.15) is 0 Å². The van der Waals surface area contributed by atoms with Crippen LogP contribution >= 0.6 is 11.8 Å². The maximum atomic E-state index is 12.6. The van der Waals surface area contributed by atoms with Crippen molar-refractivity contribution in [1.29, 1.82) is 0 Å². The second-order valence-electron chi connectivity index (χ2n) is 6.12. The molecule has 0 saturated heterocycles. The molecule has 2 aromatic heterocycles. The molecule has 2 heterocycles. The minimum absolute atomic E-state index is 0.000447. The molecule has 0 unspecified atom stereocenters. The van der Waals surface area contributed by atoms with E-state index in [0.717, 1.165) is 17.1 Å². The molecule has 0 saturated carbocycles. The quantitative estimate of drug-likeness (QED) is 0.471. The van der Waals surface area contributed by atoms with Gasteiger partial charge in [-0.3, -0.25) is 9.47 Å². The Morgan fingerprint density at radius 3 is 2.25 bits per heavy atom. The summed E-state index contributed by atoms with van der Waals surface area (Å²) in [5, 5.41) is 9.36. The van der Waals surface area contributed by atoms with Crippen LogP contribution in [0.4, 0.5) is 5.69 Å². The Labute approximate surface area is 167 Å². The maximum Gasteiger partial charge on any atom is 0.237 e. The lowest BCUT2D eigenvalue weighted by Crippen LogP contribution is -2.28. The van der Waals surface area contributed by atoms with Gasteiger partial charge >= 0.3 is 0 Å². The summed E-state index contributed by atoms with van der Waals surface area (Å²) in [5.74, 6) is 0.988. The summed E-state index contributed by atoms with van der Waals surface area (Å²) in [6, 6.07) is 23.4. The predicted molar refractivity (Wildman–Crippen MR) is 111 cm³/mol. The molecule has 0 N–H and O–H groups in total. The molecular weight excluding hydrogens is 370 g/mol. The van der Waals surface area contributed by atoms with Crippen molar-refractivity contribution in [2.24, 2.45) is 0 Å². The number of carbonyl (C=O) groups is 1. The van der Waals surface area contributed by atoms with Crippen LogP contribution in [0.5, 0.6) is 0 Å². The molecule has 0 aliphatic carbocycles. The first kappa shape index (κ1) is 18.1. The van der Waals surface area contributed by atoms with Crippen molar-refractivity contribution >= 4 is 23.4 Å². The first-order valence-electron chi connectivity index (χ1n) is 8.83. The highest BCUT2D eigenvalue weighted by Crippen LogP contribution is 2.25. The Balaban J connectivity index is 1.58. The van der Waals surface area contributed by atoms with Crippen LogP contribution in [-0.4, -0.2) is 38.3 Å². The number of rotatable bonds is 6. The highest BCUT2D eigenvalue weighted by Gasteiger charge is 2.18. The molecule has 0 bridgehead atoms. The Hall–Kier alpha value is -3.32. The Bertz CT molecular complexity index is 1050. The van der Waals surface area contributed by atoms with Crippen LogP contribution in [0.25, 0.3) is 11.4 Å². The van der Waals surface area contributed by atoms with Crippen LogP contribution in [0.1, 0.15) is 0 Å². The van der Waals surface area contributed by atoms with Gasteiger partial charge in [0, 0.05) is 30.7 Å².